The van der Waals surface area contributed by atoms with Crippen LogP contribution in [0.15, 0.2) is 22.8 Å². The molecule has 12 heteroatoms. The van der Waals surface area contributed by atoms with Crippen molar-refractivity contribution in [1.82, 2.24) is 0 Å². The van der Waals surface area contributed by atoms with Crippen LogP contribution < -0.4 is 0 Å². The Morgan fingerprint density at radius 1 is 0.935 bits per heavy atom. The Balaban J connectivity index is 2.23. The molecule has 2 N–H and O–H groups in total. The number of hydrogen-bond donors (Lipinski definition) is 2. The summed E-state index contributed by atoms with van der Waals surface area (Å²) in [7, 11) is 0. The van der Waals surface area contributed by atoms with Gasteiger partial charge in [-0.15, -0.1) is 0 Å². The van der Waals surface area contributed by atoms with Crippen molar-refractivity contribution < 1.29 is 57.9 Å². The largest absolute Gasteiger partial charge is 0.459 e. The number of carbonyl (C=O) groups excluding carboxylic acids is 5. The third kappa shape index (κ3) is 7.02. The van der Waals surface area contributed by atoms with Crippen LogP contribution >= 0.6 is 0 Å². The van der Waals surface area contributed by atoms with E-state index in [1.165, 1.54) is 13.8 Å². The van der Waals surface area contributed by atoms with E-state index in [0.717, 1.165) is 32.6 Å². The van der Waals surface area contributed by atoms with Crippen LogP contribution in [0.5, 0.6) is 0 Å². The SMILES string of the molecule is C/C=C(\C)C(=O)O[C@@H]1C(C)=C2[C@H]3OC(=O)[C@](C)(O)[C@@]3(O)[C@@H](OC(=O)CCC)C[C@@](C)(OC(C)=O)[C@H]2[C@@H]1OC(=O)CCCCCCC. The van der Waals surface area contributed by atoms with Crippen LogP contribution in [0.4, 0.5) is 0 Å². The molecule has 0 radical (unpaired) electrons. The van der Waals surface area contributed by atoms with E-state index >= 15 is 0 Å². The Kier molecular flexibility index (Phi) is 11.9. The van der Waals surface area contributed by atoms with Gasteiger partial charge in [0, 0.05) is 31.8 Å². The van der Waals surface area contributed by atoms with Crippen LogP contribution in [0.25, 0.3) is 0 Å². The van der Waals surface area contributed by atoms with Crippen LogP contribution in [-0.2, 0) is 47.7 Å². The predicted molar refractivity (Wildman–Crippen MR) is 164 cm³/mol. The van der Waals surface area contributed by atoms with Crippen molar-refractivity contribution >= 4 is 29.8 Å². The van der Waals surface area contributed by atoms with Gasteiger partial charge in [-0.05, 0) is 58.6 Å². The van der Waals surface area contributed by atoms with Crippen LogP contribution in [0.2, 0.25) is 0 Å². The minimum atomic E-state index is -2.57. The molecule has 0 aromatic heterocycles. The second kappa shape index (κ2) is 14.7. The van der Waals surface area contributed by atoms with Gasteiger partial charge < -0.3 is 33.9 Å². The molecule has 0 bridgehead atoms. The van der Waals surface area contributed by atoms with E-state index in [-0.39, 0.29) is 29.6 Å². The fourth-order valence-corrected chi connectivity index (χ4v) is 6.90. The van der Waals surface area contributed by atoms with E-state index in [2.05, 4.69) is 6.92 Å². The molecule has 0 aromatic carbocycles. The van der Waals surface area contributed by atoms with Crippen molar-refractivity contribution in [3.8, 4) is 0 Å². The molecule has 0 aromatic rings. The number of allylic oxidation sites excluding steroid dienone is 1. The van der Waals surface area contributed by atoms with Crippen LogP contribution in [0.3, 0.4) is 0 Å². The normalized spacial score (nSPS) is 33.8. The zero-order valence-corrected chi connectivity index (χ0v) is 28.3. The summed E-state index contributed by atoms with van der Waals surface area (Å²) >= 11 is 0. The molecule has 0 spiro atoms. The number of rotatable bonds is 13. The number of esters is 5. The van der Waals surface area contributed by atoms with Gasteiger partial charge in [0.05, 0.1) is 5.92 Å². The molecule has 2 fully saturated rings. The van der Waals surface area contributed by atoms with Crippen molar-refractivity contribution in [3.63, 3.8) is 0 Å². The Labute approximate surface area is 270 Å². The van der Waals surface area contributed by atoms with Crippen molar-refractivity contribution in [2.75, 3.05) is 0 Å². The first-order valence-electron chi connectivity index (χ1n) is 16.3. The molecule has 8 atom stereocenters. The number of hydrogen-bond acceptors (Lipinski definition) is 12. The lowest BCUT2D eigenvalue weighted by Crippen LogP contribution is -2.64. The maximum absolute atomic E-state index is 13.3. The topological polar surface area (TPSA) is 172 Å². The molecular formula is C34H50O12. The molecule has 46 heavy (non-hydrogen) atoms. The highest BCUT2D eigenvalue weighted by molar-refractivity contribution is 5.88. The van der Waals surface area contributed by atoms with Gasteiger partial charge in [0.15, 0.2) is 29.5 Å². The van der Waals surface area contributed by atoms with Gasteiger partial charge in [0.2, 0.25) is 0 Å². The number of ether oxygens (including phenoxy) is 5. The van der Waals surface area contributed by atoms with Gasteiger partial charge in [0.25, 0.3) is 0 Å². The Morgan fingerprint density at radius 2 is 1.57 bits per heavy atom. The highest BCUT2D eigenvalue weighted by Crippen LogP contribution is 2.57. The van der Waals surface area contributed by atoms with E-state index in [0.29, 0.717) is 12.8 Å². The summed E-state index contributed by atoms with van der Waals surface area (Å²) in [6, 6.07) is 0. The van der Waals surface area contributed by atoms with Gasteiger partial charge >= 0.3 is 29.8 Å². The number of carbonyl (C=O) groups is 5. The third-order valence-electron chi connectivity index (χ3n) is 9.51. The van der Waals surface area contributed by atoms with Crippen LogP contribution in [-0.4, -0.2) is 81.3 Å². The van der Waals surface area contributed by atoms with E-state index < -0.39 is 83.4 Å². The zero-order valence-electron chi connectivity index (χ0n) is 28.3. The van der Waals surface area contributed by atoms with Crippen LogP contribution in [0.1, 0.15) is 113 Å². The smallest absolute Gasteiger partial charge is 0.341 e. The maximum atomic E-state index is 13.3. The van der Waals surface area contributed by atoms with Gasteiger partial charge in [-0.2, -0.15) is 0 Å². The van der Waals surface area contributed by atoms with Gasteiger partial charge in [-0.3, -0.25) is 14.4 Å². The van der Waals surface area contributed by atoms with Crippen molar-refractivity contribution in [1.29, 1.82) is 0 Å². The Bertz CT molecular complexity index is 1260. The lowest BCUT2D eigenvalue weighted by Gasteiger charge is -2.41. The monoisotopic (exact) mass is 650 g/mol. The van der Waals surface area contributed by atoms with E-state index in [1.807, 2.05) is 0 Å². The molecule has 1 aliphatic heterocycles. The predicted octanol–water partition coefficient (Wildman–Crippen LogP) is 3.93. The highest BCUT2D eigenvalue weighted by atomic mass is 16.6. The molecule has 3 rings (SSSR count). The molecule has 258 valence electrons. The molecule has 3 aliphatic rings. The Morgan fingerprint density at radius 3 is 2.15 bits per heavy atom. The van der Waals surface area contributed by atoms with Crippen molar-refractivity contribution in [2.45, 2.75) is 154 Å². The number of fused-ring (bicyclic) bond motifs is 3. The minimum absolute atomic E-state index is 0.0234. The first-order chi connectivity index (χ1) is 21.5. The summed E-state index contributed by atoms with van der Waals surface area (Å²) in [4.78, 5) is 65.1. The Hall–Kier alpha value is -3.25. The number of unbranched alkanes of at least 4 members (excludes halogenated alkanes) is 4. The summed E-state index contributed by atoms with van der Waals surface area (Å²) in [5.74, 6) is -5.03. The lowest BCUT2D eigenvalue weighted by molar-refractivity contribution is -0.212. The van der Waals surface area contributed by atoms with E-state index in [1.54, 1.807) is 33.8 Å². The fourth-order valence-electron chi connectivity index (χ4n) is 6.90. The van der Waals surface area contributed by atoms with Crippen molar-refractivity contribution in [2.24, 2.45) is 5.92 Å². The quantitative estimate of drug-likeness (QED) is 0.0969. The molecule has 1 saturated carbocycles. The molecule has 1 saturated heterocycles. The first kappa shape index (κ1) is 37.2. The second-order valence-electron chi connectivity index (χ2n) is 13.1. The second-order valence-corrected chi connectivity index (χ2v) is 13.1. The third-order valence-corrected chi connectivity index (χ3v) is 9.51. The minimum Gasteiger partial charge on any atom is -0.459 e. The van der Waals surface area contributed by atoms with Crippen molar-refractivity contribution in [3.05, 3.63) is 22.8 Å². The van der Waals surface area contributed by atoms with Crippen LogP contribution in [0, 0.1) is 5.92 Å². The van der Waals surface area contributed by atoms with E-state index in [9.17, 15) is 34.2 Å². The average Bonchev–Trinajstić information content (AvgIpc) is 3.30. The number of aliphatic hydroxyl groups is 2. The van der Waals surface area contributed by atoms with E-state index in [4.69, 9.17) is 23.7 Å². The standard InChI is InChI=1S/C34H50O12/c1-9-12-13-14-15-17-24(37)43-28-26-25(20(5)27(28)44-30(38)19(4)11-3)29-34(41,33(8,40)31(39)45-29)22(42-23(36)16-10-2)18-32(26,7)46-21(6)35/h11,22,26-29,40-41H,9-10,12-18H2,1-8H3/b19-11+/t22-,26+,27+,28-,29+,32+,33-,34+/m0/s1. The molecular weight excluding hydrogens is 600 g/mol. The molecule has 2 aliphatic carbocycles. The van der Waals surface area contributed by atoms with Gasteiger partial charge in [0.1, 0.15) is 11.7 Å². The summed E-state index contributed by atoms with van der Waals surface area (Å²) in [5, 5.41) is 23.9. The first-order valence-corrected chi connectivity index (χ1v) is 16.3. The average molecular weight is 651 g/mol. The molecule has 12 nitrogen and oxygen atoms in total. The van der Waals surface area contributed by atoms with Gasteiger partial charge in [-0.25, -0.2) is 9.59 Å². The fraction of sp³-hybridized carbons (Fsp3) is 0.735. The summed E-state index contributed by atoms with van der Waals surface area (Å²) in [5.41, 5.74) is -6.12. The summed E-state index contributed by atoms with van der Waals surface area (Å²) < 4.78 is 29.3. The van der Waals surface area contributed by atoms with Gasteiger partial charge in [-0.1, -0.05) is 45.6 Å². The maximum Gasteiger partial charge on any atom is 0.341 e. The zero-order chi connectivity index (χ0) is 34.6. The molecule has 1 heterocycles. The molecule has 0 unspecified atom stereocenters. The molecule has 0 amide bonds. The lowest BCUT2D eigenvalue weighted by atomic mass is 9.75. The summed E-state index contributed by atoms with van der Waals surface area (Å²) in [6.45, 7) is 12.4. The summed E-state index contributed by atoms with van der Waals surface area (Å²) in [6.07, 6.45) is 0.272. The highest BCUT2D eigenvalue weighted by Gasteiger charge is 2.76.